The van der Waals surface area contributed by atoms with Gasteiger partial charge in [-0.3, -0.25) is 9.89 Å². The van der Waals surface area contributed by atoms with Crippen LogP contribution in [0.2, 0.25) is 0 Å². The minimum Gasteiger partial charge on any atom is -0.351 e. The molecule has 1 aliphatic carbocycles. The lowest BCUT2D eigenvalue weighted by molar-refractivity contribution is -0.168. The van der Waals surface area contributed by atoms with E-state index in [4.69, 9.17) is 0 Å². The van der Waals surface area contributed by atoms with Gasteiger partial charge in [-0.2, -0.15) is 18.3 Å². The molecule has 174 valence electrons. The summed E-state index contributed by atoms with van der Waals surface area (Å²) in [6, 6.07) is 14.4. The Kier molecular flexibility index (Phi) is 6.30. The highest BCUT2D eigenvalue weighted by Gasteiger charge is 2.65. The van der Waals surface area contributed by atoms with E-state index in [1.54, 1.807) is 36.5 Å². The van der Waals surface area contributed by atoms with E-state index in [1.807, 2.05) is 37.2 Å². The summed E-state index contributed by atoms with van der Waals surface area (Å²) in [5.74, 6) is -0.512. The lowest BCUT2D eigenvalue weighted by Crippen LogP contribution is -2.41. The van der Waals surface area contributed by atoms with Gasteiger partial charge < -0.3 is 10.2 Å². The van der Waals surface area contributed by atoms with Crippen LogP contribution < -0.4 is 5.32 Å². The molecular formula is C25H27F3N4O. The fraction of sp³-hybridized carbons (Fsp3) is 0.360. The van der Waals surface area contributed by atoms with Gasteiger partial charge in [-0.25, -0.2) is 0 Å². The predicted octanol–water partition coefficient (Wildman–Crippen LogP) is 4.58. The topological polar surface area (TPSA) is 61.0 Å². The number of nitrogens with zero attached hydrogens (tertiary/aromatic N) is 2. The molecule has 0 unspecified atom stereocenters. The number of H-pyrrole nitrogens is 1. The van der Waals surface area contributed by atoms with Gasteiger partial charge in [-0.05, 0) is 62.2 Å². The number of alkyl halides is 3. The van der Waals surface area contributed by atoms with Gasteiger partial charge >= 0.3 is 6.18 Å². The molecule has 2 aromatic carbocycles. The third-order valence-electron chi connectivity index (χ3n) is 6.39. The third kappa shape index (κ3) is 4.95. The first-order valence-electron chi connectivity index (χ1n) is 10.9. The standard InChI is InChI=1S/C25H27F3N4O/c1-32(2)20(13-17-8-9-22-19(12-17)15-30-31-22)16-29-23(33)14-21(18-6-4-3-5-7-18)24(10-11-24)25(26,27)28/h3-9,12,14-15,20H,10-11,13,16H2,1-2H3,(H,29,33)(H,30,31)/b21-14+/t20-/m0/s1. The van der Waals surface area contributed by atoms with E-state index in [0.717, 1.165) is 22.5 Å². The fourth-order valence-corrected chi connectivity index (χ4v) is 4.18. The van der Waals surface area contributed by atoms with Crippen molar-refractivity contribution in [2.75, 3.05) is 20.6 Å². The largest absolute Gasteiger partial charge is 0.398 e. The molecule has 1 aromatic heterocycles. The average Bonchev–Trinajstić information content (AvgIpc) is 3.47. The van der Waals surface area contributed by atoms with E-state index >= 15 is 0 Å². The molecule has 8 heteroatoms. The van der Waals surface area contributed by atoms with E-state index < -0.39 is 17.5 Å². The van der Waals surface area contributed by atoms with Crippen molar-refractivity contribution in [2.24, 2.45) is 5.41 Å². The van der Waals surface area contributed by atoms with Crippen LogP contribution >= 0.6 is 0 Å². The summed E-state index contributed by atoms with van der Waals surface area (Å²) in [6.45, 7) is 0.312. The smallest absolute Gasteiger partial charge is 0.351 e. The molecular weight excluding hydrogens is 429 g/mol. The number of carbonyl (C=O) groups is 1. The van der Waals surface area contributed by atoms with Gasteiger partial charge in [0.05, 0.1) is 17.1 Å². The molecule has 1 fully saturated rings. The van der Waals surface area contributed by atoms with Crippen LogP contribution in [0.3, 0.4) is 0 Å². The molecule has 2 N–H and O–H groups in total. The van der Waals surface area contributed by atoms with Crippen molar-refractivity contribution >= 4 is 22.4 Å². The maximum Gasteiger partial charge on any atom is 0.398 e. The van der Waals surface area contributed by atoms with Crippen molar-refractivity contribution in [1.82, 2.24) is 20.4 Å². The Hall–Kier alpha value is -3.13. The summed E-state index contributed by atoms with van der Waals surface area (Å²) in [7, 11) is 3.84. The highest BCUT2D eigenvalue weighted by molar-refractivity contribution is 5.97. The molecule has 33 heavy (non-hydrogen) atoms. The third-order valence-corrected chi connectivity index (χ3v) is 6.39. The molecule has 0 aliphatic heterocycles. The van der Waals surface area contributed by atoms with Crippen LogP contribution in [-0.4, -0.2) is 53.9 Å². The monoisotopic (exact) mass is 456 g/mol. The Morgan fingerprint density at radius 2 is 1.94 bits per heavy atom. The quantitative estimate of drug-likeness (QED) is 0.488. The fourth-order valence-electron chi connectivity index (χ4n) is 4.18. The van der Waals surface area contributed by atoms with Crippen LogP contribution in [-0.2, 0) is 11.2 Å². The van der Waals surface area contributed by atoms with Crippen LogP contribution in [0.1, 0.15) is 24.0 Å². The number of rotatable bonds is 8. The van der Waals surface area contributed by atoms with Crippen molar-refractivity contribution in [3.05, 3.63) is 71.9 Å². The van der Waals surface area contributed by atoms with E-state index in [-0.39, 0.29) is 24.5 Å². The summed E-state index contributed by atoms with van der Waals surface area (Å²) >= 11 is 0. The summed E-state index contributed by atoms with van der Waals surface area (Å²) in [4.78, 5) is 14.8. The molecule has 5 nitrogen and oxygen atoms in total. The second kappa shape index (κ2) is 9.02. The van der Waals surface area contributed by atoms with Crippen molar-refractivity contribution in [3.63, 3.8) is 0 Å². The van der Waals surface area contributed by atoms with Crippen LogP contribution in [0.15, 0.2) is 60.8 Å². The number of allylic oxidation sites excluding steroid dienone is 1. The summed E-state index contributed by atoms with van der Waals surface area (Å²) < 4.78 is 41.5. The maximum atomic E-state index is 13.8. The number of fused-ring (bicyclic) bond motifs is 1. The van der Waals surface area contributed by atoms with E-state index in [9.17, 15) is 18.0 Å². The van der Waals surface area contributed by atoms with Crippen LogP contribution in [0.25, 0.3) is 16.5 Å². The molecule has 1 amide bonds. The van der Waals surface area contributed by atoms with Gasteiger partial charge in [0, 0.05) is 24.0 Å². The van der Waals surface area contributed by atoms with Gasteiger partial charge in [-0.1, -0.05) is 36.4 Å². The molecule has 1 atom stereocenters. The molecule has 0 radical (unpaired) electrons. The number of aromatic nitrogens is 2. The Morgan fingerprint density at radius 3 is 2.58 bits per heavy atom. The minimum absolute atomic E-state index is 0.00131. The van der Waals surface area contributed by atoms with E-state index in [0.29, 0.717) is 18.5 Å². The number of halogens is 3. The summed E-state index contributed by atoms with van der Waals surface area (Å²) in [5, 5.41) is 10.8. The van der Waals surface area contributed by atoms with E-state index in [2.05, 4.69) is 15.5 Å². The first kappa shape index (κ1) is 23.0. The summed E-state index contributed by atoms with van der Waals surface area (Å²) in [5.41, 5.74) is 0.573. The normalized spacial score (nSPS) is 16.7. The van der Waals surface area contributed by atoms with E-state index in [1.165, 1.54) is 0 Å². The zero-order chi connectivity index (χ0) is 23.6. The molecule has 4 rings (SSSR count). The molecule has 3 aromatic rings. The Bertz CT molecular complexity index is 1150. The molecule has 0 bridgehead atoms. The molecule has 0 saturated heterocycles. The number of aromatic amines is 1. The minimum atomic E-state index is -4.40. The number of nitrogens with one attached hydrogen (secondary N) is 2. The second-order valence-electron chi connectivity index (χ2n) is 8.86. The van der Waals surface area contributed by atoms with Gasteiger partial charge in [-0.15, -0.1) is 0 Å². The van der Waals surface area contributed by atoms with Gasteiger partial charge in [0.25, 0.3) is 0 Å². The highest BCUT2D eigenvalue weighted by Crippen LogP contribution is 2.64. The van der Waals surface area contributed by atoms with Gasteiger partial charge in [0.15, 0.2) is 0 Å². The van der Waals surface area contributed by atoms with Crippen molar-refractivity contribution in [2.45, 2.75) is 31.5 Å². The maximum absolute atomic E-state index is 13.8. The Labute approximate surface area is 190 Å². The Balaban J connectivity index is 1.50. The van der Waals surface area contributed by atoms with Crippen LogP contribution in [0, 0.1) is 5.41 Å². The average molecular weight is 457 g/mol. The highest BCUT2D eigenvalue weighted by atomic mass is 19.4. The number of benzene rings is 2. The number of likely N-dealkylation sites (N-methyl/N-ethyl adjacent to an activating group) is 1. The van der Waals surface area contributed by atoms with Crippen molar-refractivity contribution in [1.29, 1.82) is 0 Å². The lowest BCUT2D eigenvalue weighted by atomic mass is 9.88. The molecule has 1 heterocycles. The SMILES string of the molecule is CN(C)[C@H](CNC(=O)/C=C(\c1ccccc1)C1(C(F)(F)F)CC1)Cc1ccc2[nH]ncc2c1. The predicted molar refractivity (Wildman–Crippen MR) is 122 cm³/mol. The van der Waals surface area contributed by atoms with Gasteiger partial charge in [0.2, 0.25) is 5.91 Å². The number of carbonyl (C=O) groups excluding carboxylic acids is 1. The van der Waals surface area contributed by atoms with Gasteiger partial charge in [0.1, 0.15) is 0 Å². The van der Waals surface area contributed by atoms with Crippen LogP contribution in [0.4, 0.5) is 13.2 Å². The number of hydrogen-bond donors (Lipinski definition) is 2. The Morgan fingerprint density at radius 1 is 1.21 bits per heavy atom. The lowest BCUT2D eigenvalue weighted by Gasteiger charge is -2.25. The van der Waals surface area contributed by atoms with Crippen molar-refractivity contribution in [3.8, 4) is 0 Å². The number of hydrogen-bond acceptors (Lipinski definition) is 3. The first-order chi connectivity index (χ1) is 15.7. The van der Waals surface area contributed by atoms with Crippen LogP contribution in [0.5, 0.6) is 0 Å². The molecule has 1 saturated carbocycles. The number of amides is 1. The zero-order valence-corrected chi connectivity index (χ0v) is 18.6. The first-order valence-corrected chi connectivity index (χ1v) is 10.9. The molecule has 1 aliphatic rings. The molecule has 0 spiro atoms. The zero-order valence-electron chi connectivity index (χ0n) is 18.6. The second-order valence-corrected chi connectivity index (χ2v) is 8.86. The van der Waals surface area contributed by atoms with Crippen molar-refractivity contribution < 1.29 is 18.0 Å². The summed E-state index contributed by atoms with van der Waals surface area (Å²) in [6.07, 6.45) is -0.818.